The van der Waals surface area contributed by atoms with Gasteiger partial charge in [0.2, 0.25) is 0 Å². The highest BCUT2D eigenvalue weighted by Gasteiger charge is 2.41. The average Bonchev–Trinajstić information content (AvgIpc) is 2.46. The molecule has 0 saturated heterocycles. The summed E-state index contributed by atoms with van der Waals surface area (Å²) in [6, 6.07) is 0. The van der Waals surface area contributed by atoms with Crippen molar-refractivity contribution in [1.29, 1.82) is 0 Å². The first-order valence-corrected chi connectivity index (χ1v) is 6.99. The van der Waals surface area contributed by atoms with Crippen LogP contribution in [0.5, 0.6) is 0 Å². The molecule has 1 saturated carbocycles. The Morgan fingerprint density at radius 3 is 2.74 bits per heavy atom. The molecule has 0 aromatic heterocycles. The van der Waals surface area contributed by atoms with E-state index < -0.39 is 5.54 Å². The Kier molecular flexibility index (Phi) is 6.67. The average molecular weight is 268 g/mol. The molecule has 0 bridgehead atoms. The lowest BCUT2D eigenvalue weighted by atomic mass is 9.75. The highest BCUT2D eigenvalue weighted by atomic mass is 16.5. The molecule has 19 heavy (non-hydrogen) atoms. The van der Waals surface area contributed by atoms with Gasteiger partial charge < -0.3 is 10.1 Å². The zero-order valence-corrected chi connectivity index (χ0v) is 11.9. The van der Waals surface area contributed by atoms with Crippen molar-refractivity contribution in [2.75, 3.05) is 20.2 Å². The molecular formula is C13H24N4O2. The minimum absolute atomic E-state index is 0.191. The number of ether oxygens (including phenoxy) is 1. The molecular weight excluding hydrogens is 244 g/mol. The van der Waals surface area contributed by atoms with Gasteiger partial charge >= 0.3 is 5.97 Å². The second-order valence-corrected chi connectivity index (χ2v) is 5.26. The standard InChI is InChI=1S/C13H24N4O2/c1-13(12(18)19-2,11-7-4-3-5-8-11)15-9-6-10-16-17-14/h11,15H,3-10H2,1-2H3. The Hall–Kier alpha value is -1.26. The highest BCUT2D eigenvalue weighted by Crippen LogP contribution is 2.33. The maximum absolute atomic E-state index is 12.1. The van der Waals surface area contributed by atoms with Crippen LogP contribution in [-0.2, 0) is 9.53 Å². The van der Waals surface area contributed by atoms with Crippen LogP contribution in [0.25, 0.3) is 10.4 Å². The third-order valence-electron chi connectivity index (χ3n) is 4.02. The van der Waals surface area contributed by atoms with Crippen LogP contribution >= 0.6 is 0 Å². The van der Waals surface area contributed by atoms with Crippen molar-refractivity contribution in [3.05, 3.63) is 10.4 Å². The van der Waals surface area contributed by atoms with Crippen LogP contribution in [-0.4, -0.2) is 31.7 Å². The fourth-order valence-corrected chi connectivity index (χ4v) is 2.82. The van der Waals surface area contributed by atoms with E-state index in [-0.39, 0.29) is 5.97 Å². The summed E-state index contributed by atoms with van der Waals surface area (Å²) in [7, 11) is 1.44. The molecule has 1 aliphatic carbocycles. The van der Waals surface area contributed by atoms with Gasteiger partial charge in [-0.2, -0.15) is 0 Å². The number of methoxy groups -OCH3 is 1. The van der Waals surface area contributed by atoms with Gasteiger partial charge in [-0.05, 0) is 44.2 Å². The summed E-state index contributed by atoms with van der Waals surface area (Å²) >= 11 is 0. The predicted octanol–water partition coefficient (Wildman–Crippen LogP) is 2.79. The lowest BCUT2D eigenvalue weighted by Gasteiger charge is -2.38. The summed E-state index contributed by atoms with van der Waals surface area (Å²) in [5.74, 6) is 0.136. The van der Waals surface area contributed by atoms with E-state index >= 15 is 0 Å². The number of carbonyl (C=O) groups is 1. The Morgan fingerprint density at radius 1 is 1.47 bits per heavy atom. The van der Waals surface area contributed by atoms with E-state index in [1.54, 1.807) is 0 Å². The second-order valence-electron chi connectivity index (χ2n) is 5.26. The van der Waals surface area contributed by atoms with E-state index in [0.717, 1.165) is 19.3 Å². The first-order valence-electron chi connectivity index (χ1n) is 6.99. The van der Waals surface area contributed by atoms with E-state index in [0.29, 0.717) is 19.0 Å². The van der Waals surface area contributed by atoms with Gasteiger partial charge in [0.05, 0.1) is 7.11 Å². The second kappa shape index (κ2) is 8.02. The van der Waals surface area contributed by atoms with Crippen molar-refractivity contribution in [2.24, 2.45) is 11.0 Å². The SMILES string of the molecule is COC(=O)C(C)(NCCCN=[N+]=[N-])C1CCCCC1. The van der Waals surface area contributed by atoms with Crippen LogP contribution < -0.4 is 5.32 Å². The van der Waals surface area contributed by atoms with Crippen LogP contribution in [0, 0.1) is 5.92 Å². The van der Waals surface area contributed by atoms with Gasteiger partial charge in [-0.15, -0.1) is 0 Å². The highest BCUT2D eigenvalue weighted by molar-refractivity contribution is 5.80. The van der Waals surface area contributed by atoms with Crippen LogP contribution in [0.4, 0.5) is 0 Å². The van der Waals surface area contributed by atoms with Crippen molar-refractivity contribution in [2.45, 2.75) is 51.0 Å². The lowest BCUT2D eigenvalue weighted by molar-refractivity contribution is -0.151. The topological polar surface area (TPSA) is 87.1 Å². The van der Waals surface area contributed by atoms with Crippen molar-refractivity contribution in [1.82, 2.24) is 5.32 Å². The molecule has 0 amide bonds. The number of hydrogen-bond acceptors (Lipinski definition) is 4. The molecule has 1 unspecified atom stereocenters. The third-order valence-corrected chi connectivity index (χ3v) is 4.02. The van der Waals surface area contributed by atoms with Crippen LogP contribution in [0.2, 0.25) is 0 Å². The molecule has 0 aliphatic heterocycles. The minimum Gasteiger partial charge on any atom is -0.468 e. The van der Waals surface area contributed by atoms with Crippen molar-refractivity contribution in [3.63, 3.8) is 0 Å². The van der Waals surface area contributed by atoms with Gasteiger partial charge in [-0.3, -0.25) is 4.79 Å². The van der Waals surface area contributed by atoms with Crippen molar-refractivity contribution < 1.29 is 9.53 Å². The fraction of sp³-hybridized carbons (Fsp3) is 0.923. The molecule has 0 spiro atoms. The van der Waals surface area contributed by atoms with E-state index in [9.17, 15) is 4.79 Å². The number of azide groups is 1. The smallest absolute Gasteiger partial charge is 0.326 e. The molecule has 0 radical (unpaired) electrons. The fourth-order valence-electron chi connectivity index (χ4n) is 2.82. The van der Waals surface area contributed by atoms with Gasteiger partial charge in [-0.1, -0.05) is 24.4 Å². The van der Waals surface area contributed by atoms with Crippen LogP contribution in [0.3, 0.4) is 0 Å². The monoisotopic (exact) mass is 268 g/mol. The maximum Gasteiger partial charge on any atom is 0.326 e. The summed E-state index contributed by atoms with van der Waals surface area (Å²) in [5.41, 5.74) is 7.60. The van der Waals surface area contributed by atoms with Gasteiger partial charge in [0, 0.05) is 11.5 Å². The zero-order chi connectivity index (χ0) is 14.1. The molecule has 1 aliphatic rings. The largest absolute Gasteiger partial charge is 0.468 e. The minimum atomic E-state index is -0.620. The molecule has 1 rings (SSSR count). The van der Waals surface area contributed by atoms with Gasteiger partial charge in [0.25, 0.3) is 0 Å². The van der Waals surface area contributed by atoms with E-state index in [1.807, 2.05) is 6.92 Å². The number of rotatable bonds is 7. The van der Waals surface area contributed by atoms with Gasteiger partial charge in [-0.25, -0.2) is 0 Å². The molecule has 6 heteroatoms. The number of hydrogen-bond donors (Lipinski definition) is 1. The Bertz CT molecular complexity index is 336. The quantitative estimate of drug-likeness (QED) is 0.253. The van der Waals surface area contributed by atoms with Crippen LogP contribution in [0.15, 0.2) is 5.11 Å². The Morgan fingerprint density at radius 2 is 2.16 bits per heavy atom. The molecule has 1 N–H and O–H groups in total. The third kappa shape index (κ3) is 4.40. The first-order chi connectivity index (χ1) is 9.15. The van der Waals surface area contributed by atoms with Crippen molar-refractivity contribution >= 4 is 5.97 Å². The van der Waals surface area contributed by atoms with Gasteiger partial charge in [0.1, 0.15) is 5.54 Å². The number of nitrogens with zero attached hydrogens (tertiary/aromatic N) is 3. The molecule has 1 fully saturated rings. The Balaban J connectivity index is 2.58. The van der Waals surface area contributed by atoms with E-state index in [1.165, 1.54) is 26.4 Å². The van der Waals surface area contributed by atoms with Crippen molar-refractivity contribution in [3.8, 4) is 0 Å². The normalized spacial score (nSPS) is 19.3. The summed E-state index contributed by atoms with van der Waals surface area (Å²) in [6.07, 6.45) is 6.47. The Labute approximate surface area is 114 Å². The number of esters is 1. The van der Waals surface area contributed by atoms with E-state index in [2.05, 4.69) is 15.3 Å². The molecule has 1 atom stereocenters. The molecule has 6 nitrogen and oxygen atoms in total. The summed E-state index contributed by atoms with van der Waals surface area (Å²) < 4.78 is 4.96. The van der Waals surface area contributed by atoms with Gasteiger partial charge in [0.15, 0.2) is 0 Å². The zero-order valence-electron chi connectivity index (χ0n) is 11.9. The summed E-state index contributed by atoms with van der Waals surface area (Å²) in [5, 5.41) is 6.81. The predicted molar refractivity (Wildman–Crippen MR) is 73.6 cm³/mol. The van der Waals surface area contributed by atoms with Crippen LogP contribution in [0.1, 0.15) is 45.4 Å². The molecule has 108 valence electrons. The summed E-state index contributed by atoms with van der Waals surface area (Å²) in [6.45, 7) is 3.04. The number of carbonyl (C=O) groups excluding carboxylic acids is 1. The molecule has 0 aromatic rings. The number of nitrogens with one attached hydrogen (secondary N) is 1. The first kappa shape index (κ1) is 15.8. The maximum atomic E-state index is 12.1. The molecule has 0 aromatic carbocycles. The lowest BCUT2D eigenvalue weighted by Crippen LogP contribution is -2.56. The molecule has 0 heterocycles. The van der Waals surface area contributed by atoms with E-state index in [4.69, 9.17) is 10.3 Å². The summed E-state index contributed by atoms with van der Waals surface area (Å²) in [4.78, 5) is 14.8.